The fourth-order valence-corrected chi connectivity index (χ4v) is 4.89. The van der Waals surface area contributed by atoms with E-state index < -0.39 is 24.3 Å². The number of hydrogen-bond donors (Lipinski definition) is 4. The summed E-state index contributed by atoms with van der Waals surface area (Å²) >= 11 is 6.52. The average molecular weight is 653 g/mol. The fourth-order valence-electron chi connectivity index (χ4n) is 4.62. The quantitative estimate of drug-likeness (QED) is 0.0783. The van der Waals surface area contributed by atoms with Gasteiger partial charge in [0.15, 0.2) is 29.2 Å². The Kier molecular flexibility index (Phi) is 12.1. The molecule has 0 radical (unpaired) electrons. The van der Waals surface area contributed by atoms with Crippen molar-refractivity contribution in [3.05, 3.63) is 93.6 Å². The third-order valence-corrected chi connectivity index (χ3v) is 6.95. The lowest BCUT2D eigenvalue weighted by Crippen LogP contribution is -2.45. The summed E-state index contributed by atoms with van der Waals surface area (Å²) in [4.78, 5) is 24.6. The Morgan fingerprint density at radius 1 is 1.02 bits per heavy atom. The van der Waals surface area contributed by atoms with Gasteiger partial charge < -0.3 is 39.4 Å². The molecule has 0 saturated carbocycles. The number of amides is 2. The lowest BCUT2D eigenvalue weighted by molar-refractivity contribution is -0.136. The van der Waals surface area contributed by atoms with Crippen LogP contribution in [0.3, 0.4) is 0 Å². The van der Waals surface area contributed by atoms with E-state index in [1.807, 2.05) is 44.2 Å². The number of ether oxygens (including phenoxy) is 5. The van der Waals surface area contributed by atoms with Gasteiger partial charge in [0, 0.05) is 5.70 Å². The normalized spacial score (nSPS) is 15.1. The Balaban J connectivity index is 1.40. The van der Waals surface area contributed by atoms with Gasteiger partial charge in [-0.2, -0.15) is 5.10 Å². The largest absolute Gasteiger partial charge is 0.490 e. The maximum absolute atomic E-state index is 12.5. The highest BCUT2D eigenvalue weighted by Gasteiger charge is 2.32. The molecule has 2 atom stereocenters. The van der Waals surface area contributed by atoms with Crippen molar-refractivity contribution >= 4 is 29.8 Å². The van der Waals surface area contributed by atoms with Crippen molar-refractivity contribution in [2.45, 2.75) is 39.6 Å². The molecule has 4 N–H and O–H groups in total. The smallest absolute Gasteiger partial charge is 0.337 e. The van der Waals surface area contributed by atoms with Gasteiger partial charge in [0.05, 0.1) is 43.2 Å². The molecule has 0 saturated heterocycles. The Labute approximate surface area is 272 Å². The van der Waals surface area contributed by atoms with E-state index in [0.29, 0.717) is 64.7 Å². The second-order valence-electron chi connectivity index (χ2n) is 9.95. The number of nitrogens with one attached hydrogen (secondary N) is 3. The summed E-state index contributed by atoms with van der Waals surface area (Å²) in [6, 6.07) is 16.9. The number of allylic oxidation sites excluding steroid dienone is 1. The Morgan fingerprint density at radius 3 is 2.48 bits per heavy atom. The van der Waals surface area contributed by atoms with Crippen LogP contribution in [0.2, 0.25) is 5.02 Å². The van der Waals surface area contributed by atoms with E-state index in [0.717, 1.165) is 5.56 Å². The summed E-state index contributed by atoms with van der Waals surface area (Å²) in [5.41, 5.74) is 5.46. The van der Waals surface area contributed by atoms with Crippen LogP contribution in [0.25, 0.3) is 0 Å². The Hall–Kier alpha value is -4.94. The molecule has 13 heteroatoms. The number of methoxy groups -OCH3 is 1. The van der Waals surface area contributed by atoms with Crippen molar-refractivity contribution in [3.8, 4) is 23.0 Å². The molecule has 244 valence electrons. The van der Waals surface area contributed by atoms with E-state index in [4.69, 9.17) is 35.3 Å². The highest BCUT2D eigenvalue weighted by molar-refractivity contribution is 6.32. The SMILES string of the molecule is CCOc1cc([C@@H]2NC(=O)NC(C)=C2C(=O)OC)ccc1OC[C@@H](O)N/N=C\c1cc(Cl)c(OCc2ccccc2)c(OCC)c1. The minimum Gasteiger partial charge on any atom is -0.490 e. The summed E-state index contributed by atoms with van der Waals surface area (Å²) in [7, 11) is 1.27. The number of halogens is 1. The van der Waals surface area contributed by atoms with E-state index in [2.05, 4.69) is 21.2 Å². The molecule has 46 heavy (non-hydrogen) atoms. The zero-order valence-corrected chi connectivity index (χ0v) is 26.7. The molecule has 1 aliphatic rings. The maximum atomic E-state index is 12.5. The van der Waals surface area contributed by atoms with Gasteiger partial charge in [-0.1, -0.05) is 48.0 Å². The molecule has 0 fully saturated rings. The monoisotopic (exact) mass is 652 g/mol. The number of aliphatic hydroxyl groups excluding tert-OH is 1. The molecule has 3 aromatic rings. The number of rotatable bonds is 15. The van der Waals surface area contributed by atoms with Gasteiger partial charge in [0.2, 0.25) is 0 Å². The third kappa shape index (κ3) is 8.83. The van der Waals surface area contributed by atoms with Crippen LogP contribution in [0.5, 0.6) is 23.0 Å². The van der Waals surface area contributed by atoms with Crippen LogP contribution in [0.1, 0.15) is 43.5 Å². The molecule has 3 aromatic carbocycles. The van der Waals surface area contributed by atoms with Crippen molar-refractivity contribution in [2.75, 3.05) is 26.9 Å². The van der Waals surface area contributed by atoms with Gasteiger partial charge in [-0.3, -0.25) is 5.43 Å². The number of carbonyl (C=O) groups excluding carboxylic acids is 2. The number of esters is 1. The molecule has 2 amide bonds. The molecule has 0 unspecified atom stereocenters. The van der Waals surface area contributed by atoms with E-state index >= 15 is 0 Å². The Bertz CT molecular complexity index is 1580. The number of urea groups is 1. The van der Waals surface area contributed by atoms with Crippen LogP contribution in [0, 0.1) is 0 Å². The first kappa shape index (κ1) is 33.9. The molecule has 0 bridgehead atoms. The second kappa shape index (κ2) is 16.4. The number of benzene rings is 3. The molecule has 12 nitrogen and oxygen atoms in total. The highest BCUT2D eigenvalue weighted by atomic mass is 35.5. The van der Waals surface area contributed by atoms with Crippen molar-refractivity contribution in [1.29, 1.82) is 0 Å². The maximum Gasteiger partial charge on any atom is 0.337 e. The molecule has 0 aliphatic carbocycles. The molecule has 0 aromatic heterocycles. The summed E-state index contributed by atoms with van der Waals surface area (Å²) in [5.74, 6) is 1.02. The lowest BCUT2D eigenvalue weighted by Gasteiger charge is -2.28. The topological polar surface area (TPSA) is 149 Å². The molecule has 4 rings (SSSR count). The van der Waals surface area contributed by atoms with Crippen molar-refractivity contribution in [2.24, 2.45) is 5.10 Å². The molecule has 0 spiro atoms. The van der Waals surface area contributed by atoms with E-state index in [1.54, 1.807) is 37.3 Å². The predicted molar refractivity (Wildman–Crippen MR) is 172 cm³/mol. The standard InChI is InChI=1S/C33H37ClN4O8/c1-5-43-26-16-23(30-29(32(40)42-4)20(3)36-33(41)37-30)12-13-25(26)45-19-28(39)38-35-17-22-14-24(34)31(27(15-22)44-6-2)46-18-21-10-8-7-9-11-21/h7-17,28,30,38-39H,5-6,18-19H2,1-4H3,(H2,36,37,41)/b35-17-/t28-,30+/m1/s1. The van der Waals surface area contributed by atoms with Crippen LogP contribution >= 0.6 is 11.6 Å². The predicted octanol–water partition coefficient (Wildman–Crippen LogP) is 4.84. The zero-order chi connectivity index (χ0) is 33.1. The highest BCUT2D eigenvalue weighted by Crippen LogP contribution is 2.37. The Morgan fingerprint density at radius 2 is 1.76 bits per heavy atom. The molecular formula is C33H37ClN4O8. The van der Waals surface area contributed by atoms with Gasteiger partial charge in [0.1, 0.15) is 13.2 Å². The van der Waals surface area contributed by atoms with Crippen LogP contribution in [0.15, 0.2) is 77.0 Å². The summed E-state index contributed by atoms with van der Waals surface area (Å²) in [5, 5.41) is 20.3. The number of carbonyl (C=O) groups is 2. The van der Waals surface area contributed by atoms with Crippen LogP contribution in [-0.4, -0.2) is 56.5 Å². The van der Waals surface area contributed by atoms with Gasteiger partial charge in [0.25, 0.3) is 0 Å². The number of hydrogen-bond acceptors (Lipinski definition) is 10. The first-order valence-electron chi connectivity index (χ1n) is 14.6. The van der Waals surface area contributed by atoms with E-state index in [1.165, 1.54) is 13.3 Å². The lowest BCUT2D eigenvalue weighted by atomic mass is 9.95. The first-order chi connectivity index (χ1) is 22.2. The van der Waals surface area contributed by atoms with Crippen molar-refractivity contribution in [3.63, 3.8) is 0 Å². The van der Waals surface area contributed by atoms with Gasteiger partial charge in [-0.05, 0) is 61.7 Å². The van der Waals surface area contributed by atoms with Crippen molar-refractivity contribution in [1.82, 2.24) is 16.1 Å². The summed E-state index contributed by atoms with van der Waals surface area (Å²) < 4.78 is 28.2. The zero-order valence-electron chi connectivity index (χ0n) is 26.0. The van der Waals surface area contributed by atoms with E-state index in [9.17, 15) is 14.7 Å². The number of nitrogens with zero attached hydrogens (tertiary/aromatic N) is 1. The van der Waals surface area contributed by atoms with Gasteiger partial charge in [-0.15, -0.1) is 0 Å². The van der Waals surface area contributed by atoms with Crippen molar-refractivity contribution < 1.29 is 38.4 Å². The third-order valence-electron chi connectivity index (χ3n) is 6.67. The van der Waals surface area contributed by atoms with Crippen LogP contribution in [-0.2, 0) is 16.1 Å². The second-order valence-corrected chi connectivity index (χ2v) is 10.4. The minimum atomic E-state index is -1.18. The first-order valence-corrected chi connectivity index (χ1v) is 15.0. The number of aliphatic hydroxyl groups is 1. The average Bonchev–Trinajstić information content (AvgIpc) is 3.04. The van der Waals surface area contributed by atoms with Crippen LogP contribution in [0.4, 0.5) is 4.79 Å². The summed E-state index contributed by atoms with van der Waals surface area (Å²) in [6.45, 7) is 6.18. The number of hydrazone groups is 1. The molecular weight excluding hydrogens is 616 g/mol. The minimum absolute atomic E-state index is 0.176. The van der Waals surface area contributed by atoms with Gasteiger partial charge >= 0.3 is 12.0 Å². The van der Waals surface area contributed by atoms with E-state index in [-0.39, 0.29) is 12.2 Å². The molecule has 1 aliphatic heterocycles. The fraction of sp³-hybridized carbons (Fsp3) is 0.303. The summed E-state index contributed by atoms with van der Waals surface area (Å²) in [6.07, 6.45) is 0.307. The van der Waals surface area contributed by atoms with Gasteiger partial charge in [-0.25, -0.2) is 9.59 Å². The molecule has 1 heterocycles. The van der Waals surface area contributed by atoms with Crippen LogP contribution < -0.4 is 35.0 Å².